The fraction of sp³-hybridized carbons (Fsp3) is 0.640. The Morgan fingerprint density at radius 1 is 1.24 bits per heavy atom. The predicted octanol–water partition coefficient (Wildman–Crippen LogP) is 5.44. The van der Waals surface area contributed by atoms with Crippen molar-refractivity contribution in [3.8, 4) is 5.75 Å². The molecule has 1 aromatic carbocycles. The lowest BCUT2D eigenvalue weighted by Gasteiger charge is -2.20. The molecule has 1 amide bonds. The molecule has 8 heteroatoms. The number of likely N-dealkylation sites (tertiary alicyclic amines) is 1. The molecule has 1 unspecified atom stereocenters. The molecule has 2 aromatic rings. The lowest BCUT2D eigenvalue weighted by Crippen LogP contribution is -2.33. The number of rotatable bonds is 7. The zero-order valence-corrected chi connectivity index (χ0v) is 19.2. The molecule has 2 N–H and O–H groups in total. The Bertz CT molecular complexity index is 1020. The van der Waals surface area contributed by atoms with Crippen LogP contribution in [0.2, 0.25) is 0 Å². The Morgan fingerprint density at radius 3 is 2.58 bits per heavy atom. The highest BCUT2D eigenvalue weighted by Crippen LogP contribution is 2.52. The molecular formula is C25H32F3N3O2. The van der Waals surface area contributed by atoms with E-state index in [1.165, 1.54) is 0 Å². The molecule has 1 aliphatic heterocycles. The second-order valence-electron chi connectivity index (χ2n) is 10.9. The molecule has 1 aromatic heterocycles. The van der Waals surface area contributed by atoms with Gasteiger partial charge in [-0.1, -0.05) is 13.8 Å². The van der Waals surface area contributed by atoms with Crippen molar-refractivity contribution in [1.82, 2.24) is 9.88 Å². The van der Waals surface area contributed by atoms with Gasteiger partial charge in [0.25, 0.3) is 0 Å². The Labute approximate surface area is 192 Å². The van der Waals surface area contributed by atoms with Gasteiger partial charge in [0.05, 0.1) is 18.8 Å². The van der Waals surface area contributed by atoms with Gasteiger partial charge in [-0.25, -0.2) is 0 Å². The molecule has 5 nitrogen and oxygen atoms in total. The fourth-order valence-electron chi connectivity index (χ4n) is 5.91. The van der Waals surface area contributed by atoms with E-state index in [0.717, 1.165) is 48.0 Å². The number of carbonyl (C=O) groups excluding carboxylic acids is 1. The number of amides is 1. The summed E-state index contributed by atoms with van der Waals surface area (Å²) in [4.78, 5) is 17.3. The SMILES string of the molecule is CC1(C)CC1C(=O)Nc1c[nH]c2ccc(OCC[C@@H]3C[C@@H]4CN(CC(F)(F)F)C[C@@H]4C3)cc12. The van der Waals surface area contributed by atoms with E-state index in [9.17, 15) is 18.0 Å². The molecule has 2 saturated carbocycles. The van der Waals surface area contributed by atoms with Gasteiger partial charge in [-0.2, -0.15) is 13.2 Å². The number of H-pyrrole nitrogens is 1. The highest BCUT2D eigenvalue weighted by molar-refractivity contribution is 6.03. The molecular weight excluding hydrogens is 431 g/mol. The van der Waals surface area contributed by atoms with E-state index in [4.69, 9.17) is 4.74 Å². The van der Waals surface area contributed by atoms with Crippen molar-refractivity contribution in [1.29, 1.82) is 0 Å². The third-order valence-corrected chi connectivity index (χ3v) is 7.86. The van der Waals surface area contributed by atoms with Crippen LogP contribution in [0.1, 0.15) is 39.5 Å². The van der Waals surface area contributed by atoms with Crippen LogP contribution in [0.3, 0.4) is 0 Å². The number of aromatic amines is 1. The number of nitrogens with one attached hydrogen (secondary N) is 2. The number of carbonyl (C=O) groups is 1. The van der Waals surface area contributed by atoms with Crippen LogP contribution in [0.4, 0.5) is 18.9 Å². The van der Waals surface area contributed by atoms with E-state index in [0.29, 0.717) is 37.5 Å². The minimum Gasteiger partial charge on any atom is -0.494 e. The number of aromatic nitrogens is 1. The molecule has 5 rings (SSSR count). The number of nitrogens with zero attached hydrogens (tertiary/aromatic N) is 1. The van der Waals surface area contributed by atoms with Gasteiger partial charge in [0, 0.05) is 36.1 Å². The van der Waals surface area contributed by atoms with Crippen LogP contribution in [-0.4, -0.2) is 48.2 Å². The molecule has 2 aliphatic carbocycles. The zero-order chi connectivity index (χ0) is 23.4. The monoisotopic (exact) mass is 463 g/mol. The first-order valence-corrected chi connectivity index (χ1v) is 11.9. The summed E-state index contributed by atoms with van der Waals surface area (Å²) in [6, 6.07) is 5.83. The average Bonchev–Trinajstić information content (AvgIpc) is 3.03. The second kappa shape index (κ2) is 8.22. The maximum absolute atomic E-state index is 12.6. The number of benzene rings is 1. The number of ether oxygens (including phenoxy) is 1. The molecule has 33 heavy (non-hydrogen) atoms. The van der Waals surface area contributed by atoms with E-state index in [-0.39, 0.29) is 17.2 Å². The first-order valence-electron chi connectivity index (χ1n) is 11.9. The van der Waals surface area contributed by atoms with E-state index < -0.39 is 12.7 Å². The molecule has 180 valence electrons. The lowest BCUT2D eigenvalue weighted by atomic mass is 10.0. The van der Waals surface area contributed by atoms with E-state index in [1.54, 1.807) is 4.90 Å². The lowest BCUT2D eigenvalue weighted by molar-refractivity contribution is -0.144. The first kappa shape index (κ1) is 22.6. The molecule has 3 fully saturated rings. The summed E-state index contributed by atoms with van der Waals surface area (Å²) in [5, 5.41) is 3.98. The maximum Gasteiger partial charge on any atom is 0.401 e. The quantitative estimate of drug-likeness (QED) is 0.575. The van der Waals surface area contributed by atoms with Crippen molar-refractivity contribution < 1.29 is 22.7 Å². The van der Waals surface area contributed by atoms with Gasteiger partial charge in [-0.3, -0.25) is 9.69 Å². The number of anilines is 1. The van der Waals surface area contributed by atoms with E-state index >= 15 is 0 Å². The van der Waals surface area contributed by atoms with Gasteiger partial charge in [0.1, 0.15) is 5.75 Å². The molecule has 3 aliphatic rings. The third-order valence-electron chi connectivity index (χ3n) is 7.86. The molecule has 0 spiro atoms. The number of halogens is 3. The fourth-order valence-corrected chi connectivity index (χ4v) is 5.91. The normalized spacial score (nSPS) is 28.8. The molecule has 4 atom stereocenters. The number of hydrogen-bond acceptors (Lipinski definition) is 3. The minimum absolute atomic E-state index is 0.0628. The number of alkyl halides is 3. The summed E-state index contributed by atoms with van der Waals surface area (Å²) in [6.45, 7) is 5.15. The van der Waals surface area contributed by atoms with Crippen molar-refractivity contribution in [3.05, 3.63) is 24.4 Å². The van der Waals surface area contributed by atoms with Crippen LogP contribution >= 0.6 is 0 Å². The van der Waals surface area contributed by atoms with Gasteiger partial charge >= 0.3 is 6.18 Å². The summed E-state index contributed by atoms with van der Waals surface area (Å²) in [6.07, 6.45) is 1.53. The molecule has 0 bridgehead atoms. The van der Waals surface area contributed by atoms with Crippen LogP contribution in [0.15, 0.2) is 24.4 Å². The van der Waals surface area contributed by atoms with E-state index in [1.807, 2.05) is 24.4 Å². The van der Waals surface area contributed by atoms with Crippen LogP contribution in [0, 0.1) is 29.1 Å². The smallest absolute Gasteiger partial charge is 0.401 e. The molecule has 2 heterocycles. The van der Waals surface area contributed by atoms with Crippen LogP contribution in [0.25, 0.3) is 10.9 Å². The van der Waals surface area contributed by atoms with Gasteiger partial charge in [0.2, 0.25) is 5.91 Å². The third kappa shape index (κ3) is 5.00. The maximum atomic E-state index is 12.6. The van der Waals surface area contributed by atoms with Gasteiger partial charge in [0.15, 0.2) is 0 Å². The topological polar surface area (TPSA) is 57.4 Å². The van der Waals surface area contributed by atoms with Gasteiger partial charge < -0.3 is 15.0 Å². The van der Waals surface area contributed by atoms with Crippen molar-refractivity contribution in [2.24, 2.45) is 29.1 Å². The van der Waals surface area contributed by atoms with Crippen molar-refractivity contribution >= 4 is 22.5 Å². The highest BCUT2D eigenvalue weighted by atomic mass is 19.4. The Kier molecular flexibility index (Phi) is 5.62. The average molecular weight is 464 g/mol. The van der Waals surface area contributed by atoms with Crippen LogP contribution < -0.4 is 10.1 Å². The standard InChI is InChI=1S/C25H32F3N3O2/c1-24(2)10-20(24)23(32)30-22-11-29-21-4-3-18(9-19(21)22)33-6-5-15-7-16-12-31(13-17(16)8-15)14-25(26,27)28/h3-4,9,11,15-17,20,29H,5-8,10,12-14H2,1-2H3,(H,30,32)/t15-,16-,17+,20?. The molecule has 0 radical (unpaired) electrons. The Hall–Kier alpha value is -2.22. The summed E-state index contributed by atoms with van der Waals surface area (Å²) < 4.78 is 43.9. The Balaban J connectivity index is 1.11. The second-order valence-corrected chi connectivity index (χ2v) is 10.9. The summed E-state index contributed by atoms with van der Waals surface area (Å²) in [7, 11) is 0. The predicted molar refractivity (Wildman–Crippen MR) is 121 cm³/mol. The largest absolute Gasteiger partial charge is 0.494 e. The van der Waals surface area contributed by atoms with Crippen molar-refractivity contribution in [2.75, 3.05) is 31.6 Å². The first-order chi connectivity index (χ1) is 15.6. The van der Waals surface area contributed by atoms with Crippen molar-refractivity contribution in [3.63, 3.8) is 0 Å². The van der Waals surface area contributed by atoms with Crippen molar-refractivity contribution in [2.45, 2.75) is 45.7 Å². The number of hydrogen-bond donors (Lipinski definition) is 2. The number of fused-ring (bicyclic) bond motifs is 2. The summed E-state index contributed by atoms with van der Waals surface area (Å²) in [5.74, 6) is 2.17. The highest BCUT2D eigenvalue weighted by Gasteiger charge is 2.50. The summed E-state index contributed by atoms with van der Waals surface area (Å²) in [5.41, 5.74) is 1.80. The van der Waals surface area contributed by atoms with Gasteiger partial charge in [-0.05, 0) is 67.1 Å². The summed E-state index contributed by atoms with van der Waals surface area (Å²) >= 11 is 0. The van der Waals surface area contributed by atoms with Crippen LogP contribution in [0.5, 0.6) is 5.75 Å². The zero-order valence-electron chi connectivity index (χ0n) is 19.2. The van der Waals surface area contributed by atoms with Gasteiger partial charge in [-0.15, -0.1) is 0 Å². The molecule has 1 saturated heterocycles. The Morgan fingerprint density at radius 2 is 1.94 bits per heavy atom. The minimum atomic E-state index is -4.11. The van der Waals surface area contributed by atoms with Crippen LogP contribution in [-0.2, 0) is 4.79 Å². The van der Waals surface area contributed by atoms with E-state index in [2.05, 4.69) is 24.1 Å².